The van der Waals surface area contributed by atoms with Crippen molar-refractivity contribution in [3.05, 3.63) is 41.0 Å². The number of fused-ring (bicyclic) bond motifs is 1. The minimum Gasteiger partial charge on any atom is -0.337 e. The molecule has 0 spiro atoms. The minimum atomic E-state index is -2.65. The highest BCUT2D eigenvalue weighted by Crippen LogP contribution is 2.34. The van der Waals surface area contributed by atoms with E-state index in [1.807, 2.05) is 0 Å². The van der Waals surface area contributed by atoms with Gasteiger partial charge in [-0.3, -0.25) is 9.48 Å². The van der Waals surface area contributed by atoms with Crippen molar-refractivity contribution in [2.75, 3.05) is 13.1 Å². The molecule has 0 radical (unpaired) electrons. The third kappa shape index (κ3) is 3.07. The van der Waals surface area contributed by atoms with Crippen LogP contribution in [0.25, 0.3) is 11.1 Å². The third-order valence-electron chi connectivity index (χ3n) is 5.07. The topological polar surface area (TPSA) is 77.1 Å². The highest BCUT2D eigenvalue weighted by molar-refractivity contribution is 5.92. The van der Waals surface area contributed by atoms with Gasteiger partial charge >= 0.3 is 0 Å². The molecule has 142 valence electrons. The summed E-state index contributed by atoms with van der Waals surface area (Å²) in [6.07, 6.45) is 0.463. The monoisotopic (exact) mass is 375 g/mol. The van der Waals surface area contributed by atoms with Gasteiger partial charge in [-0.15, -0.1) is 0 Å². The molecular formula is C18H19F2N5O2. The first kappa shape index (κ1) is 17.6. The zero-order valence-corrected chi connectivity index (χ0v) is 15.0. The normalized spacial score (nSPS) is 17.8. The zero-order valence-electron chi connectivity index (χ0n) is 15.0. The number of pyridine rings is 1. The van der Waals surface area contributed by atoms with E-state index in [2.05, 4.69) is 15.2 Å². The summed E-state index contributed by atoms with van der Waals surface area (Å²) in [6.45, 7) is 2.65. The van der Waals surface area contributed by atoms with E-state index in [0.29, 0.717) is 30.2 Å². The van der Waals surface area contributed by atoms with Gasteiger partial charge in [-0.2, -0.15) is 5.10 Å². The van der Waals surface area contributed by atoms with Gasteiger partial charge in [-0.25, -0.2) is 13.8 Å². The number of hydrogen-bond acceptors (Lipinski definition) is 5. The predicted molar refractivity (Wildman–Crippen MR) is 92.6 cm³/mol. The number of alkyl halides is 2. The van der Waals surface area contributed by atoms with Crippen LogP contribution in [0.3, 0.4) is 0 Å². The fourth-order valence-corrected chi connectivity index (χ4v) is 3.68. The molecule has 0 aromatic carbocycles. The van der Waals surface area contributed by atoms with Crippen LogP contribution in [-0.2, 0) is 7.05 Å². The van der Waals surface area contributed by atoms with E-state index >= 15 is 0 Å². The van der Waals surface area contributed by atoms with Crippen molar-refractivity contribution in [2.45, 2.75) is 32.1 Å². The Morgan fingerprint density at radius 2 is 2.22 bits per heavy atom. The number of aryl methyl sites for hydroxylation is 2. The summed E-state index contributed by atoms with van der Waals surface area (Å²) >= 11 is 0. The Hall–Kier alpha value is -2.84. The van der Waals surface area contributed by atoms with Gasteiger partial charge in [0.05, 0.1) is 11.1 Å². The Balaban J connectivity index is 1.65. The van der Waals surface area contributed by atoms with E-state index in [1.54, 1.807) is 31.1 Å². The molecule has 1 unspecified atom stereocenters. The first-order valence-electron chi connectivity index (χ1n) is 8.78. The lowest BCUT2D eigenvalue weighted by Crippen LogP contribution is -2.40. The van der Waals surface area contributed by atoms with Crippen LogP contribution in [0.15, 0.2) is 22.9 Å². The zero-order chi connectivity index (χ0) is 19.1. The summed E-state index contributed by atoms with van der Waals surface area (Å²) in [5.41, 5.74) is 1.41. The van der Waals surface area contributed by atoms with Crippen molar-refractivity contribution >= 4 is 17.0 Å². The molecule has 7 nitrogen and oxygen atoms in total. The summed E-state index contributed by atoms with van der Waals surface area (Å²) in [6, 6.07) is 3.10. The average Bonchev–Trinajstić information content (AvgIpc) is 3.26. The number of rotatable bonds is 3. The van der Waals surface area contributed by atoms with E-state index in [-0.39, 0.29) is 28.5 Å². The fraction of sp³-hybridized carbons (Fsp3) is 0.444. The minimum absolute atomic E-state index is 0.120. The number of likely N-dealkylation sites (tertiary alicyclic amines) is 1. The largest absolute Gasteiger partial charge is 0.337 e. The summed E-state index contributed by atoms with van der Waals surface area (Å²) in [7, 11) is 1.71. The maximum absolute atomic E-state index is 13.6. The first-order chi connectivity index (χ1) is 13.0. The highest BCUT2D eigenvalue weighted by atomic mass is 19.3. The Morgan fingerprint density at radius 1 is 1.41 bits per heavy atom. The molecule has 27 heavy (non-hydrogen) atoms. The summed E-state index contributed by atoms with van der Waals surface area (Å²) in [4.78, 5) is 18.9. The van der Waals surface area contributed by atoms with E-state index in [9.17, 15) is 13.6 Å². The fourth-order valence-electron chi connectivity index (χ4n) is 3.68. The summed E-state index contributed by atoms with van der Waals surface area (Å²) in [5.74, 6) is -0.256. The van der Waals surface area contributed by atoms with Gasteiger partial charge < -0.3 is 9.42 Å². The number of carbonyl (C=O) groups is 1. The molecule has 9 heteroatoms. The maximum Gasteiger partial charge on any atom is 0.272 e. The van der Waals surface area contributed by atoms with Gasteiger partial charge in [0, 0.05) is 43.5 Å². The molecule has 1 amide bonds. The molecule has 1 saturated heterocycles. The molecule has 0 bridgehead atoms. The number of amides is 1. The number of nitrogens with zero attached hydrogens (tertiary/aromatic N) is 5. The van der Waals surface area contributed by atoms with Crippen molar-refractivity contribution < 1.29 is 18.1 Å². The standard InChI is InChI=1S/C18H19F2N5O2/c1-10-15-12(16(19)20)8-13(22-17(15)27-23-10)11-4-3-7-25(9-11)18(26)14-5-6-21-24(14)2/h5-6,8,11,16H,3-4,7,9H2,1-2H3. The molecule has 1 aliphatic heterocycles. The van der Waals surface area contributed by atoms with Crippen LogP contribution in [-0.4, -0.2) is 43.8 Å². The molecule has 0 aliphatic carbocycles. The predicted octanol–water partition coefficient (Wildman–Crippen LogP) is 3.22. The molecule has 1 aliphatic rings. The van der Waals surface area contributed by atoms with E-state index in [4.69, 9.17) is 4.52 Å². The van der Waals surface area contributed by atoms with Crippen LogP contribution < -0.4 is 0 Å². The number of hydrogen-bond donors (Lipinski definition) is 0. The van der Waals surface area contributed by atoms with Crippen molar-refractivity contribution in [3.63, 3.8) is 0 Å². The molecule has 1 fully saturated rings. The molecule has 4 heterocycles. The van der Waals surface area contributed by atoms with Gasteiger partial charge in [0.15, 0.2) is 0 Å². The Morgan fingerprint density at radius 3 is 2.93 bits per heavy atom. The Labute approximate surface area is 153 Å². The second-order valence-corrected chi connectivity index (χ2v) is 6.82. The van der Waals surface area contributed by atoms with Crippen molar-refractivity contribution in [2.24, 2.45) is 7.05 Å². The lowest BCUT2D eigenvalue weighted by Gasteiger charge is -2.32. The van der Waals surface area contributed by atoms with Crippen LogP contribution >= 0.6 is 0 Å². The number of halogens is 2. The van der Waals surface area contributed by atoms with Crippen LogP contribution in [0.2, 0.25) is 0 Å². The molecule has 3 aromatic rings. The molecule has 0 N–H and O–H groups in total. The summed E-state index contributed by atoms with van der Waals surface area (Å²) < 4.78 is 33.8. The third-order valence-corrected chi connectivity index (χ3v) is 5.07. The summed E-state index contributed by atoms with van der Waals surface area (Å²) in [5, 5.41) is 8.07. The van der Waals surface area contributed by atoms with Crippen LogP contribution in [0.1, 0.15) is 52.6 Å². The molecule has 0 saturated carbocycles. The maximum atomic E-state index is 13.6. The number of aromatic nitrogens is 4. The Bertz CT molecular complexity index is 997. The number of piperidine rings is 1. The lowest BCUT2D eigenvalue weighted by molar-refractivity contribution is 0.0694. The Kier molecular flexibility index (Phi) is 4.37. The second-order valence-electron chi connectivity index (χ2n) is 6.82. The second kappa shape index (κ2) is 6.71. The van der Waals surface area contributed by atoms with Crippen molar-refractivity contribution in [1.82, 2.24) is 24.8 Å². The van der Waals surface area contributed by atoms with Crippen molar-refractivity contribution in [3.8, 4) is 0 Å². The molecule has 4 rings (SSSR count). The van der Waals surface area contributed by atoms with Gasteiger partial charge in [0.1, 0.15) is 5.69 Å². The average molecular weight is 375 g/mol. The van der Waals surface area contributed by atoms with E-state index in [1.165, 1.54) is 10.7 Å². The molecular weight excluding hydrogens is 356 g/mol. The van der Waals surface area contributed by atoms with E-state index < -0.39 is 6.43 Å². The van der Waals surface area contributed by atoms with E-state index in [0.717, 1.165) is 12.8 Å². The van der Waals surface area contributed by atoms with Crippen LogP contribution in [0, 0.1) is 6.92 Å². The smallest absolute Gasteiger partial charge is 0.272 e. The lowest BCUT2D eigenvalue weighted by atomic mass is 9.92. The highest BCUT2D eigenvalue weighted by Gasteiger charge is 2.29. The molecule has 3 aromatic heterocycles. The van der Waals surface area contributed by atoms with Gasteiger partial charge in [-0.1, -0.05) is 5.16 Å². The molecule has 1 atom stereocenters. The van der Waals surface area contributed by atoms with Crippen LogP contribution in [0.5, 0.6) is 0 Å². The van der Waals surface area contributed by atoms with Gasteiger partial charge in [0.2, 0.25) is 0 Å². The van der Waals surface area contributed by atoms with Crippen LogP contribution in [0.4, 0.5) is 8.78 Å². The van der Waals surface area contributed by atoms with Crippen molar-refractivity contribution in [1.29, 1.82) is 0 Å². The van der Waals surface area contributed by atoms with Gasteiger partial charge in [0.25, 0.3) is 18.0 Å². The quantitative estimate of drug-likeness (QED) is 0.702. The number of carbonyl (C=O) groups excluding carboxylic acids is 1. The van der Waals surface area contributed by atoms with Gasteiger partial charge in [-0.05, 0) is 31.9 Å². The SMILES string of the molecule is Cc1noc2nc(C3CCCN(C(=O)c4ccnn4C)C3)cc(C(F)F)c12. The first-order valence-corrected chi connectivity index (χ1v) is 8.78.